The number of amides is 1. The molecule has 0 bridgehead atoms. The summed E-state index contributed by atoms with van der Waals surface area (Å²) in [6.45, 7) is 1.53. The zero-order valence-corrected chi connectivity index (χ0v) is 15.3. The van der Waals surface area contributed by atoms with Gasteiger partial charge in [-0.3, -0.25) is 4.79 Å². The first-order valence-electron chi connectivity index (χ1n) is 9.41. The SMILES string of the molecule is O=C(CC1CCCCC1)N1CCC[C@@H]1Cn1nnc(-c2cccs2)n1. The third-order valence-electron chi connectivity index (χ3n) is 5.45. The van der Waals surface area contributed by atoms with Crippen LogP contribution in [-0.4, -0.2) is 43.6 Å². The Morgan fingerprint density at radius 2 is 2.08 bits per heavy atom. The summed E-state index contributed by atoms with van der Waals surface area (Å²) in [4.78, 5) is 17.5. The number of thiophene rings is 1. The number of carbonyl (C=O) groups is 1. The van der Waals surface area contributed by atoms with Crippen molar-refractivity contribution in [3.05, 3.63) is 17.5 Å². The molecule has 0 aromatic carbocycles. The number of aromatic nitrogens is 4. The second-order valence-electron chi connectivity index (χ2n) is 7.24. The number of hydrogen-bond donors (Lipinski definition) is 0. The summed E-state index contributed by atoms with van der Waals surface area (Å²) in [7, 11) is 0. The van der Waals surface area contributed by atoms with Gasteiger partial charge in [-0.05, 0) is 48.3 Å². The molecule has 2 fully saturated rings. The first-order chi connectivity index (χ1) is 12.3. The lowest BCUT2D eigenvalue weighted by Crippen LogP contribution is -2.39. The molecule has 25 heavy (non-hydrogen) atoms. The summed E-state index contributed by atoms with van der Waals surface area (Å²) in [6.07, 6.45) is 9.19. The summed E-state index contributed by atoms with van der Waals surface area (Å²) in [5.41, 5.74) is 0. The lowest BCUT2D eigenvalue weighted by atomic mass is 9.86. The van der Waals surface area contributed by atoms with Crippen molar-refractivity contribution in [3.8, 4) is 10.7 Å². The van der Waals surface area contributed by atoms with E-state index in [1.807, 2.05) is 17.5 Å². The second-order valence-corrected chi connectivity index (χ2v) is 8.18. The molecule has 2 aromatic rings. The van der Waals surface area contributed by atoms with Gasteiger partial charge in [0, 0.05) is 13.0 Å². The maximum atomic E-state index is 12.8. The van der Waals surface area contributed by atoms with Gasteiger partial charge in [0.2, 0.25) is 11.7 Å². The van der Waals surface area contributed by atoms with Crippen LogP contribution in [-0.2, 0) is 11.3 Å². The molecule has 2 aromatic heterocycles. The van der Waals surface area contributed by atoms with Crippen molar-refractivity contribution >= 4 is 17.2 Å². The molecule has 0 spiro atoms. The Morgan fingerprint density at radius 1 is 1.20 bits per heavy atom. The van der Waals surface area contributed by atoms with Gasteiger partial charge in [0.15, 0.2) is 0 Å². The average molecular weight is 359 g/mol. The van der Waals surface area contributed by atoms with Crippen molar-refractivity contribution in [2.75, 3.05) is 6.54 Å². The van der Waals surface area contributed by atoms with Gasteiger partial charge in [0.05, 0.1) is 17.5 Å². The first kappa shape index (κ1) is 16.7. The molecule has 4 rings (SSSR count). The lowest BCUT2D eigenvalue weighted by molar-refractivity contribution is -0.133. The molecule has 2 aliphatic rings. The first-order valence-corrected chi connectivity index (χ1v) is 10.3. The largest absolute Gasteiger partial charge is 0.338 e. The van der Waals surface area contributed by atoms with Gasteiger partial charge in [-0.2, -0.15) is 4.80 Å². The van der Waals surface area contributed by atoms with E-state index in [4.69, 9.17) is 0 Å². The Hall–Kier alpha value is -1.76. The van der Waals surface area contributed by atoms with E-state index in [9.17, 15) is 4.79 Å². The van der Waals surface area contributed by atoms with Crippen molar-refractivity contribution in [2.45, 2.75) is 64.0 Å². The number of nitrogens with zero attached hydrogens (tertiary/aromatic N) is 5. The van der Waals surface area contributed by atoms with Crippen molar-refractivity contribution < 1.29 is 4.79 Å². The minimum Gasteiger partial charge on any atom is -0.338 e. The van der Waals surface area contributed by atoms with Gasteiger partial charge in [0.1, 0.15) is 0 Å². The molecular formula is C18H25N5OS. The quantitative estimate of drug-likeness (QED) is 0.821. The summed E-state index contributed by atoms with van der Waals surface area (Å²) < 4.78 is 0. The highest BCUT2D eigenvalue weighted by Crippen LogP contribution is 2.29. The number of tetrazole rings is 1. The minimum absolute atomic E-state index is 0.210. The van der Waals surface area contributed by atoms with E-state index in [1.54, 1.807) is 16.1 Å². The minimum atomic E-state index is 0.210. The van der Waals surface area contributed by atoms with E-state index in [0.717, 1.165) is 30.7 Å². The van der Waals surface area contributed by atoms with E-state index < -0.39 is 0 Å². The number of carbonyl (C=O) groups excluding carboxylic acids is 1. The van der Waals surface area contributed by atoms with E-state index in [1.165, 1.54) is 32.1 Å². The zero-order chi connectivity index (χ0) is 17.1. The highest BCUT2D eigenvalue weighted by Gasteiger charge is 2.31. The molecule has 3 heterocycles. The van der Waals surface area contributed by atoms with Crippen LogP contribution < -0.4 is 0 Å². The molecular weight excluding hydrogens is 334 g/mol. The number of likely N-dealkylation sites (tertiary alicyclic amines) is 1. The number of hydrogen-bond acceptors (Lipinski definition) is 5. The van der Waals surface area contributed by atoms with Crippen LogP contribution >= 0.6 is 11.3 Å². The molecule has 1 aliphatic carbocycles. The fraction of sp³-hybridized carbons (Fsp3) is 0.667. The molecule has 0 unspecified atom stereocenters. The van der Waals surface area contributed by atoms with E-state index in [-0.39, 0.29) is 6.04 Å². The van der Waals surface area contributed by atoms with Crippen LogP contribution in [0, 0.1) is 5.92 Å². The molecule has 0 N–H and O–H groups in total. The molecule has 7 heteroatoms. The maximum Gasteiger partial charge on any atom is 0.223 e. The van der Waals surface area contributed by atoms with Crippen LogP contribution in [0.2, 0.25) is 0 Å². The Bertz CT molecular complexity index is 692. The average Bonchev–Trinajstić information content (AvgIpc) is 3.37. The third-order valence-corrected chi connectivity index (χ3v) is 6.32. The van der Waals surface area contributed by atoms with Gasteiger partial charge < -0.3 is 4.90 Å². The standard InChI is InChI=1S/C18H25N5OS/c24-17(12-14-6-2-1-3-7-14)22-10-4-8-15(22)13-23-20-18(19-21-23)16-9-5-11-25-16/h5,9,11,14-15H,1-4,6-8,10,12-13H2/t15-/m1/s1. The van der Waals surface area contributed by atoms with Gasteiger partial charge in [-0.15, -0.1) is 21.5 Å². The molecule has 6 nitrogen and oxygen atoms in total. The van der Waals surface area contributed by atoms with Crippen LogP contribution in [0.5, 0.6) is 0 Å². The highest BCUT2D eigenvalue weighted by molar-refractivity contribution is 7.13. The maximum absolute atomic E-state index is 12.8. The monoisotopic (exact) mass is 359 g/mol. The predicted molar refractivity (Wildman–Crippen MR) is 97.1 cm³/mol. The van der Waals surface area contributed by atoms with E-state index in [0.29, 0.717) is 24.2 Å². The van der Waals surface area contributed by atoms with Gasteiger partial charge in [0.25, 0.3) is 0 Å². The van der Waals surface area contributed by atoms with Crippen LogP contribution in [0.3, 0.4) is 0 Å². The van der Waals surface area contributed by atoms with E-state index >= 15 is 0 Å². The van der Waals surface area contributed by atoms with Crippen LogP contribution in [0.15, 0.2) is 17.5 Å². The molecule has 1 aliphatic heterocycles. The summed E-state index contributed by atoms with van der Waals surface area (Å²) in [5, 5.41) is 14.8. The van der Waals surface area contributed by atoms with Crippen molar-refractivity contribution in [1.29, 1.82) is 0 Å². The summed E-state index contributed by atoms with van der Waals surface area (Å²) in [5.74, 6) is 1.60. The number of rotatable bonds is 5. The Kier molecular flexibility index (Phi) is 5.10. The van der Waals surface area contributed by atoms with Gasteiger partial charge in [-0.1, -0.05) is 25.3 Å². The second kappa shape index (κ2) is 7.64. The molecule has 1 amide bonds. The molecule has 1 saturated carbocycles. The smallest absolute Gasteiger partial charge is 0.223 e. The Labute approximate surface area is 152 Å². The molecule has 1 saturated heterocycles. The fourth-order valence-corrected chi connectivity index (χ4v) is 4.77. The summed E-state index contributed by atoms with van der Waals surface area (Å²) >= 11 is 1.61. The van der Waals surface area contributed by atoms with Gasteiger partial charge >= 0.3 is 0 Å². The van der Waals surface area contributed by atoms with Crippen molar-refractivity contribution in [2.24, 2.45) is 5.92 Å². The molecule has 0 radical (unpaired) electrons. The fourth-order valence-electron chi connectivity index (χ4n) is 4.12. The summed E-state index contributed by atoms with van der Waals surface area (Å²) in [6, 6.07) is 4.20. The third kappa shape index (κ3) is 3.92. The Morgan fingerprint density at radius 3 is 2.88 bits per heavy atom. The lowest BCUT2D eigenvalue weighted by Gasteiger charge is -2.27. The van der Waals surface area contributed by atoms with Gasteiger partial charge in [-0.25, -0.2) is 0 Å². The topological polar surface area (TPSA) is 63.9 Å². The zero-order valence-electron chi connectivity index (χ0n) is 14.5. The molecule has 1 atom stereocenters. The normalized spacial score (nSPS) is 21.8. The van der Waals surface area contributed by atoms with E-state index in [2.05, 4.69) is 20.3 Å². The predicted octanol–water partition coefficient (Wildman–Crippen LogP) is 3.36. The highest BCUT2D eigenvalue weighted by atomic mass is 32.1. The van der Waals surface area contributed by atoms with Crippen molar-refractivity contribution in [1.82, 2.24) is 25.1 Å². The Balaban J connectivity index is 1.37. The van der Waals surface area contributed by atoms with Crippen LogP contribution in [0.25, 0.3) is 10.7 Å². The van der Waals surface area contributed by atoms with Crippen molar-refractivity contribution in [3.63, 3.8) is 0 Å². The van der Waals surface area contributed by atoms with Crippen LogP contribution in [0.4, 0.5) is 0 Å². The van der Waals surface area contributed by atoms with Crippen LogP contribution in [0.1, 0.15) is 51.4 Å². The molecule has 134 valence electrons.